The second kappa shape index (κ2) is 8.47. The van der Waals surface area contributed by atoms with Gasteiger partial charge in [-0.25, -0.2) is 13.1 Å². The predicted octanol–water partition coefficient (Wildman–Crippen LogP) is 3.38. The van der Waals surface area contributed by atoms with Gasteiger partial charge in [-0.05, 0) is 42.2 Å². The first-order valence-electron chi connectivity index (χ1n) is 7.96. The molecule has 2 aromatic carbocycles. The Hall–Kier alpha value is -1.89. The molecule has 0 saturated heterocycles. The molecule has 0 bridgehead atoms. The van der Waals surface area contributed by atoms with Gasteiger partial charge in [0.05, 0.1) is 15.6 Å². The molecule has 0 spiro atoms. The molecule has 0 saturated carbocycles. The Kier molecular flexibility index (Phi) is 6.58. The molecule has 134 valence electrons. The lowest BCUT2D eigenvalue weighted by Crippen LogP contribution is -2.26. The zero-order valence-corrected chi connectivity index (χ0v) is 15.7. The number of rotatable bonds is 7. The lowest BCUT2D eigenvalue weighted by atomic mass is 10.1. The molecule has 0 aliphatic heterocycles. The van der Waals surface area contributed by atoms with Crippen molar-refractivity contribution in [3.8, 4) is 0 Å². The minimum atomic E-state index is -3.66. The van der Waals surface area contributed by atoms with Gasteiger partial charge in [-0.1, -0.05) is 42.8 Å². The van der Waals surface area contributed by atoms with Crippen LogP contribution in [-0.4, -0.2) is 20.9 Å². The largest absolute Gasteiger partial charge is 0.325 e. The van der Waals surface area contributed by atoms with Crippen LogP contribution in [0.1, 0.15) is 25.0 Å². The number of aryl methyl sites for hydroxylation is 1. The standard InChI is InChI=1S/C18H21ClN2O3S/c1-3-14-4-6-15(7-5-14)10-11-20-25(23,24)16-8-9-18(17(19)12-16)21-13(2)22/h4-9,12,20H,3,10-11H2,1-2H3,(H,21,22). The van der Waals surface area contributed by atoms with Gasteiger partial charge in [0.25, 0.3) is 0 Å². The summed E-state index contributed by atoms with van der Waals surface area (Å²) in [5, 5.41) is 2.71. The highest BCUT2D eigenvalue weighted by molar-refractivity contribution is 7.89. The van der Waals surface area contributed by atoms with E-state index in [0.29, 0.717) is 18.7 Å². The highest BCUT2D eigenvalue weighted by Gasteiger charge is 2.15. The van der Waals surface area contributed by atoms with Crippen molar-refractivity contribution in [1.82, 2.24) is 4.72 Å². The van der Waals surface area contributed by atoms with E-state index in [9.17, 15) is 13.2 Å². The third kappa shape index (κ3) is 5.56. The number of amides is 1. The van der Waals surface area contributed by atoms with Crippen LogP contribution in [0.3, 0.4) is 0 Å². The Morgan fingerprint density at radius 3 is 2.28 bits per heavy atom. The van der Waals surface area contributed by atoms with Crippen molar-refractivity contribution in [2.75, 3.05) is 11.9 Å². The molecule has 0 aromatic heterocycles. The third-order valence-electron chi connectivity index (χ3n) is 3.70. The first-order valence-corrected chi connectivity index (χ1v) is 9.82. The molecule has 0 unspecified atom stereocenters. The zero-order chi connectivity index (χ0) is 18.4. The van der Waals surface area contributed by atoms with Crippen LogP contribution in [0.15, 0.2) is 47.4 Å². The van der Waals surface area contributed by atoms with Gasteiger partial charge in [-0.15, -0.1) is 0 Å². The van der Waals surface area contributed by atoms with Crippen LogP contribution in [0.4, 0.5) is 5.69 Å². The highest BCUT2D eigenvalue weighted by Crippen LogP contribution is 2.25. The minimum absolute atomic E-state index is 0.0629. The topological polar surface area (TPSA) is 75.3 Å². The second-order valence-electron chi connectivity index (χ2n) is 5.64. The SMILES string of the molecule is CCc1ccc(CCNS(=O)(=O)c2ccc(NC(C)=O)c(Cl)c2)cc1. The van der Waals surface area contributed by atoms with Gasteiger partial charge in [-0.2, -0.15) is 0 Å². The predicted molar refractivity (Wildman–Crippen MR) is 100 cm³/mol. The Labute approximate surface area is 153 Å². The van der Waals surface area contributed by atoms with E-state index in [1.807, 2.05) is 24.3 Å². The van der Waals surface area contributed by atoms with E-state index in [2.05, 4.69) is 17.0 Å². The molecule has 7 heteroatoms. The van der Waals surface area contributed by atoms with Crippen LogP contribution >= 0.6 is 11.6 Å². The number of sulfonamides is 1. The molecule has 2 aromatic rings. The van der Waals surface area contributed by atoms with E-state index in [0.717, 1.165) is 12.0 Å². The van der Waals surface area contributed by atoms with Crippen LogP contribution in [0.25, 0.3) is 0 Å². The Bertz CT molecular complexity index is 849. The Morgan fingerprint density at radius 2 is 1.72 bits per heavy atom. The first-order chi connectivity index (χ1) is 11.8. The van der Waals surface area contributed by atoms with Gasteiger partial charge in [-0.3, -0.25) is 4.79 Å². The molecule has 5 nitrogen and oxygen atoms in total. The summed E-state index contributed by atoms with van der Waals surface area (Å²) in [5.41, 5.74) is 2.70. The summed E-state index contributed by atoms with van der Waals surface area (Å²) < 4.78 is 27.3. The van der Waals surface area contributed by atoms with Crippen LogP contribution in [0.5, 0.6) is 0 Å². The molecular weight excluding hydrogens is 360 g/mol. The van der Waals surface area contributed by atoms with Crippen molar-refractivity contribution in [3.63, 3.8) is 0 Å². The van der Waals surface area contributed by atoms with Crippen molar-refractivity contribution in [1.29, 1.82) is 0 Å². The summed E-state index contributed by atoms with van der Waals surface area (Å²) in [4.78, 5) is 11.1. The summed E-state index contributed by atoms with van der Waals surface area (Å²) in [7, 11) is -3.66. The summed E-state index contributed by atoms with van der Waals surface area (Å²) in [6.45, 7) is 3.74. The van der Waals surface area contributed by atoms with E-state index in [-0.39, 0.29) is 15.8 Å². The number of carbonyl (C=O) groups is 1. The smallest absolute Gasteiger partial charge is 0.240 e. The molecule has 0 radical (unpaired) electrons. The van der Waals surface area contributed by atoms with Gasteiger partial charge < -0.3 is 5.32 Å². The van der Waals surface area contributed by atoms with Crippen LogP contribution < -0.4 is 10.0 Å². The quantitative estimate of drug-likeness (QED) is 0.773. The average molecular weight is 381 g/mol. The van der Waals surface area contributed by atoms with E-state index >= 15 is 0 Å². The molecule has 0 atom stereocenters. The summed E-state index contributed by atoms with van der Waals surface area (Å²) >= 11 is 6.03. The van der Waals surface area contributed by atoms with Crippen LogP contribution in [0.2, 0.25) is 5.02 Å². The number of hydrogen-bond donors (Lipinski definition) is 2. The Balaban J connectivity index is 2.00. The van der Waals surface area contributed by atoms with Crippen molar-refractivity contribution >= 4 is 33.2 Å². The summed E-state index contributed by atoms with van der Waals surface area (Å²) in [6.07, 6.45) is 1.57. The maximum absolute atomic E-state index is 12.4. The number of hydrogen-bond acceptors (Lipinski definition) is 3. The van der Waals surface area contributed by atoms with Gasteiger partial charge in [0.15, 0.2) is 0 Å². The monoisotopic (exact) mass is 380 g/mol. The van der Waals surface area contributed by atoms with E-state index < -0.39 is 10.0 Å². The molecular formula is C18H21ClN2O3S. The molecule has 2 N–H and O–H groups in total. The highest BCUT2D eigenvalue weighted by atomic mass is 35.5. The van der Waals surface area contributed by atoms with E-state index in [1.54, 1.807) is 0 Å². The fourth-order valence-corrected chi connectivity index (χ4v) is 3.66. The number of benzene rings is 2. The first kappa shape index (κ1) is 19.4. The number of anilines is 1. The average Bonchev–Trinajstić information content (AvgIpc) is 2.56. The van der Waals surface area contributed by atoms with E-state index in [1.165, 1.54) is 30.7 Å². The van der Waals surface area contributed by atoms with Crippen molar-refractivity contribution in [2.24, 2.45) is 0 Å². The Morgan fingerprint density at radius 1 is 1.08 bits per heavy atom. The molecule has 25 heavy (non-hydrogen) atoms. The third-order valence-corrected chi connectivity index (χ3v) is 5.47. The van der Waals surface area contributed by atoms with Gasteiger partial charge in [0, 0.05) is 13.5 Å². The van der Waals surface area contributed by atoms with Crippen molar-refractivity contribution in [2.45, 2.75) is 31.6 Å². The maximum atomic E-state index is 12.4. The fourth-order valence-electron chi connectivity index (χ4n) is 2.31. The van der Waals surface area contributed by atoms with Gasteiger partial charge in [0.1, 0.15) is 0 Å². The summed E-state index contributed by atoms with van der Waals surface area (Å²) in [6, 6.07) is 12.3. The lowest BCUT2D eigenvalue weighted by Gasteiger charge is -2.10. The molecule has 0 aliphatic carbocycles. The summed E-state index contributed by atoms with van der Waals surface area (Å²) in [5.74, 6) is -0.273. The number of carbonyl (C=O) groups excluding carboxylic acids is 1. The maximum Gasteiger partial charge on any atom is 0.240 e. The minimum Gasteiger partial charge on any atom is -0.325 e. The van der Waals surface area contributed by atoms with Crippen molar-refractivity contribution in [3.05, 3.63) is 58.6 Å². The number of halogens is 1. The number of nitrogens with one attached hydrogen (secondary N) is 2. The van der Waals surface area contributed by atoms with Crippen LogP contribution in [-0.2, 0) is 27.7 Å². The molecule has 1 amide bonds. The van der Waals surface area contributed by atoms with Gasteiger partial charge in [0.2, 0.25) is 15.9 Å². The van der Waals surface area contributed by atoms with Crippen molar-refractivity contribution < 1.29 is 13.2 Å². The molecule has 0 heterocycles. The normalized spacial score (nSPS) is 11.3. The zero-order valence-electron chi connectivity index (χ0n) is 14.2. The lowest BCUT2D eigenvalue weighted by molar-refractivity contribution is -0.114. The fraction of sp³-hybridized carbons (Fsp3) is 0.278. The molecule has 0 aliphatic rings. The van der Waals surface area contributed by atoms with Crippen LogP contribution in [0, 0.1) is 0 Å². The van der Waals surface area contributed by atoms with E-state index in [4.69, 9.17) is 11.6 Å². The second-order valence-corrected chi connectivity index (χ2v) is 7.81. The van der Waals surface area contributed by atoms with Gasteiger partial charge >= 0.3 is 0 Å². The molecule has 2 rings (SSSR count). The molecule has 0 fully saturated rings.